The summed E-state index contributed by atoms with van der Waals surface area (Å²) in [6.07, 6.45) is 1.73. The van der Waals surface area contributed by atoms with Gasteiger partial charge in [-0.2, -0.15) is 0 Å². The zero-order chi connectivity index (χ0) is 16.4. The number of pyridine rings is 1. The number of hydrogen-bond acceptors (Lipinski definition) is 5. The highest BCUT2D eigenvalue weighted by molar-refractivity contribution is 5.74. The van der Waals surface area contributed by atoms with Crippen molar-refractivity contribution in [1.82, 2.24) is 14.8 Å². The zero-order valence-electron chi connectivity index (χ0n) is 12.8. The van der Waals surface area contributed by atoms with Gasteiger partial charge in [0, 0.05) is 31.9 Å². The first-order valence-electron chi connectivity index (χ1n) is 7.10. The SMILES string of the molecule is CNc1ccc(-c2ccc(-c3ccc(=O)n(C)c3)cc2O)nn1. The maximum Gasteiger partial charge on any atom is 0.250 e. The second kappa shape index (κ2) is 5.92. The van der Waals surface area contributed by atoms with Crippen molar-refractivity contribution < 1.29 is 5.11 Å². The van der Waals surface area contributed by atoms with E-state index in [4.69, 9.17) is 0 Å². The van der Waals surface area contributed by atoms with E-state index >= 15 is 0 Å². The van der Waals surface area contributed by atoms with Gasteiger partial charge in [0.1, 0.15) is 11.6 Å². The molecule has 0 unspecified atom stereocenters. The molecule has 0 bridgehead atoms. The van der Waals surface area contributed by atoms with E-state index in [0.29, 0.717) is 17.1 Å². The van der Waals surface area contributed by atoms with Crippen LogP contribution in [-0.4, -0.2) is 26.9 Å². The summed E-state index contributed by atoms with van der Waals surface area (Å²) in [5.41, 5.74) is 2.80. The third kappa shape index (κ3) is 2.91. The molecule has 0 aliphatic rings. The van der Waals surface area contributed by atoms with E-state index in [1.807, 2.05) is 6.07 Å². The van der Waals surface area contributed by atoms with Gasteiger partial charge < -0.3 is 15.0 Å². The highest BCUT2D eigenvalue weighted by Gasteiger charge is 2.09. The lowest BCUT2D eigenvalue weighted by atomic mass is 10.0. The number of rotatable bonds is 3. The molecule has 0 saturated carbocycles. The number of hydrogen-bond donors (Lipinski definition) is 2. The van der Waals surface area contributed by atoms with E-state index in [0.717, 1.165) is 11.1 Å². The fourth-order valence-electron chi connectivity index (χ4n) is 2.30. The Balaban J connectivity index is 1.99. The summed E-state index contributed by atoms with van der Waals surface area (Å²) in [4.78, 5) is 11.5. The first-order chi connectivity index (χ1) is 11.1. The number of phenolic OH excluding ortho intramolecular Hbond substituents is 1. The number of benzene rings is 1. The molecular formula is C17H16N4O2. The highest BCUT2D eigenvalue weighted by atomic mass is 16.3. The number of anilines is 1. The van der Waals surface area contributed by atoms with Gasteiger partial charge in [0.25, 0.3) is 0 Å². The molecule has 0 radical (unpaired) electrons. The van der Waals surface area contributed by atoms with E-state index in [9.17, 15) is 9.90 Å². The summed E-state index contributed by atoms with van der Waals surface area (Å²) in [6.45, 7) is 0. The molecule has 23 heavy (non-hydrogen) atoms. The number of phenols is 1. The molecule has 6 heteroatoms. The first kappa shape index (κ1) is 14.8. The van der Waals surface area contributed by atoms with E-state index in [-0.39, 0.29) is 11.3 Å². The second-order valence-electron chi connectivity index (χ2n) is 5.15. The quantitative estimate of drug-likeness (QED) is 0.776. The number of aromatic nitrogens is 3. The lowest BCUT2D eigenvalue weighted by Gasteiger charge is -2.08. The van der Waals surface area contributed by atoms with Crippen LogP contribution in [-0.2, 0) is 7.05 Å². The van der Waals surface area contributed by atoms with E-state index in [1.165, 1.54) is 10.6 Å². The molecule has 0 aliphatic carbocycles. The highest BCUT2D eigenvalue weighted by Crippen LogP contribution is 2.32. The normalized spacial score (nSPS) is 10.5. The van der Waals surface area contributed by atoms with Gasteiger partial charge in [0.05, 0.1) is 5.69 Å². The zero-order valence-corrected chi connectivity index (χ0v) is 12.8. The average Bonchev–Trinajstić information content (AvgIpc) is 2.57. The van der Waals surface area contributed by atoms with Crippen molar-refractivity contribution in [2.24, 2.45) is 7.05 Å². The van der Waals surface area contributed by atoms with E-state index < -0.39 is 0 Å². The van der Waals surface area contributed by atoms with Crippen molar-refractivity contribution in [2.75, 3.05) is 12.4 Å². The molecule has 0 saturated heterocycles. The Hall–Kier alpha value is -3.15. The Bertz CT molecular complexity index is 901. The number of aromatic hydroxyl groups is 1. The van der Waals surface area contributed by atoms with Gasteiger partial charge >= 0.3 is 0 Å². The Labute approximate surface area is 133 Å². The van der Waals surface area contributed by atoms with E-state index in [2.05, 4.69) is 15.5 Å². The Morgan fingerprint density at radius 1 is 1.04 bits per heavy atom. The van der Waals surface area contributed by atoms with Gasteiger partial charge in [0.15, 0.2) is 0 Å². The van der Waals surface area contributed by atoms with Gasteiger partial charge in [-0.25, -0.2) is 0 Å². The van der Waals surface area contributed by atoms with Gasteiger partial charge in [-0.3, -0.25) is 4.79 Å². The molecular weight excluding hydrogens is 292 g/mol. The molecule has 0 spiro atoms. The molecule has 6 nitrogen and oxygen atoms in total. The van der Waals surface area contributed by atoms with Crippen molar-refractivity contribution in [3.8, 4) is 28.1 Å². The number of aryl methyl sites for hydroxylation is 1. The van der Waals surface area contributed by atoms with E-state index in [1.54, 1.807) is 50.6 Å². The van der Waals surface area contributed by atoms with Crippen molar-refractivity contribution >= 4 is 5.82 Å². The number of nitrogens with one attached hydrogen (secondary N) is 1. The lowest BCUT2D eigenvalue weighted by Crippen LogP contribution is -2.13. The fraction of sp³-hybridized carbons (Fsp3) is 0.118. The summed E-state index contributed by atoms with van der Waals surface area (Å²) < 4.78 is 1.50. The summed E-state index contributed by atoms with van der Waals surface area (Å²) >= 11 is 0. The molecule has 0 fully saturated rings. The van der Waals surface area contributed by atoms with Gasteiger partial charge in [-0.1, -0.05) is 6.07 Å². The summed E-state index contributed by atoms with van der Waals surface area (Å²) in [5, 5.41) is 21.3. The smallest absolute Gasteiger partial charge is 0.250 e. The molecule has 1 aromatic carbocycles. The largest absolute Gasteiger partial charge is 0.507 e. The third-order valence-electron chi connectivity index (χ3n) is 3.61. The summed E-state index contributed by atoms with van der Waals surface area (Å²) in [7, 11) is 3.46. The monoisotopic (exact) mass is 308 g/mol. The van der Waals surface area contributed by atoms with Crippen LogP contribution in [0.25, 0.3) is 22.4 Å². The Morgan fingerprint density at radius 3 is 2.43 bits per heavy atom. The van der Waals surface area contributed by atoms with Crippen molar-refractivity contribution in [1.29, 1.82) is 0 Å². The van der Waals surface area contributed by atoms with Crippen molar-refractivity contribution in [3.63, 3.8) is 0 Å². The molecule has 116 valence electrons. The van der Waals surface area contributed by atoms with Crippen molar-refractivity contribution in [3.05, 3.63) is 59.0 Å². The third-order valence-corrected chi connectivity index (χ3v) is 3.61. The molecule has 0 aliphatic heterocycles. The molecule has 2 heterocycles. The van der Waals surface area contributed by atoms with Gasteiger partial charge in [-0.15, -0.1) is 10.2 Å². The van der Waals surface area contributed by atoms with Crippen LogP contribution in [0.4, 0.5) is 5.82 Å². The topological polar surface area (TPSA) is 80.0 Å². The lowest BCUT2D eigenvalue weighted by molar-refractivity contribution is 0.477. The average molecular weight is 308 g/mol. The van der Waals surface area contributed by atoms with Crippen LogP contribution in [0.5, 0.6) is 5.75 Å². The summed E-state index contributed by atoms with van der Waals surface area (Å²) in [6, 6.07) is 12.1. The minimum Gasteiger partial charge on any atom is -0.507 e. The van der Waals surface area contributed by atoms with Crippen molar-refractivity contribution in [2.45, 2.75) is 0 Å². The predicted molar refractivity (Wildman–Crippen MR) is 89.4 cm³/mol. The Morgan fingerprint density at radius 2 is 1.83 bits per heavy atom. The second-order valence-corrected chi connectivity index (χ2v) is 5.15. The standard InChI is InChI=1S/C17H16N4O2/c1-18-16-7-6-14(19-20-16)13-5-3-11(9-15(13)22)12-4-8-17(23)21(2)10-12/h3-10,22H,1-2H3,(H,18,20). The maximum absolute atomic E-state index is 11.5. The minimum atomic E-state index is -0.0745. The van der Waals surface area contributed by atoms with Crippen LogP contribution in [0.1, 0.15) is 0 Å². The molecule has 0 atom stereocenters. The molecule has 2 aromatic heterocycles. The number of nitrogens with zero attached hydrogens (tertiary/aromatic N) is 3. The van der Waals surface area contributed by atoms with Crippen LogP contribution < -0.4 is 10.9 Å². The van der Waals surface area contributed by atoms with Crippen LogP contribution >= 0.6 is 0 Å². The fourth-order valence-corrected chi connectivity index (χ4v) is 2.30. The van der Waals surface area contributed by atoms with Gasteiger partial charge in [-0.05, 0) is 41.5 Å². The minimum absolute atomic E-state index is 0.0745. The summed E-state index contributed by atoms with van der Waals surface area (Å²) in [5.74, 6) is 0.776. The molecule has 3 aromatic rings. The van der Waals surface area contributed by atoms with Crippen LogP contribution in [0.2, 0.25) is 0 Å². The molecule has 2 N–H and O–H groups in total. The van der Waals surface area contributed by atoms with Crippen LogP contribution in [0.3, 0.4) is 0 Å². The van der Waals surface area contributed by atoms with Crippen LogP contribution in [0, 0.1) is 0 Å². The van der Waals surface area contributed by atoms with Gasteiger partial charge in [0.2, 0.25) is 5.56 Å². The predicted octanol–water partition coefficient (Wildman–Crippen LogP) is 2.26. The first-order valence-corrected chi connectivity index (χ1v) is 7.10. The maximum atomic E-state index is 11.5. The van der Waals surface area contributed by atoms with Crippen LogP contribution in [0.15, 0.2) is 53.5 Å². The Kier molecular flexibility index (Phi) is 3.80. The molecule has 3 rings (SSSR count). The molecule has 0 amide bonds.